The summed E-state index contributed by atoms with van der Waals surface area (Å²) in [4.78, 5) is 35.3. The summed E-state index contributed by atoms with van der Waals surface area (Å²) in [5.74, 6) is -1.58. The number of benzene rings is 1. The monoisotopic (exact) mass is 323 g/mol. The van der Waals surface area contributed by atoms with Crippen LogP contribution in [0.4, 0.5) is 4.79 Å². The third-order valence-corrected chi connectivity index (χ3v) is 4.83. The number of carboxylic acid groups (broad SMARTS) is 1. The van der Waals surface area contributed by atoms with Crippen molar-refractivity contribution in [1.82, 2.24) is 9.62 Å². The molecule has 0 bridgehead atoms. The minimum Gasteiger partial charge on any atom is -0.480 e. The van der Waals surface area contributed by atoms with Gasteiger partial charge < -0.3 is 10.8 Å². The highest BCUT2D eigenvalue weighted by Gasteiger charge is 2.53. The molecule has 7 nitrogen and oxygen atoms in total. The number of carboxylic acids is 1. The number of aliphatic carboxylic acids is 1. The first-order chi connectivity index (χ1) is 10.4. The van der Waals surface area contributed by atoms with Crippen LogP contribution in [-0.2, 0) is 15.1 Å². The second-order valence-electron chi connectivity index (χ2n) is 4.87. The van der Waals surface area contributed by atoms with Gasteiger partial charge in [-0.3, -0.25) is 14.9 Å². The molecule has 22 heavy (non-hydrogen) atoms. The van der Waals surface area contributed by atoms with Crippen molar-refractivity contribution >= 4 is 29.9 Å². The predicted molar refractivity (Wildman–Crippen MR) is 81.9 cm³/mol. The third kappa shape index (κ3) is 2.67. The molecule has 0 saturated carbocycles. The fourth-order valence-corrected chi connectivity index (χ4v) is 3.54. The lowest BCUT2D eigenvalue weighted by atomic mass is 9.87. The molecular weight excluding hydrogens is 306 g/mol. The Morgan fingerprint density at radius 3 is 2.59 bits per heavy atom. The van der Waals surface area contributed by atoms with Crippen molar-refractivity contribution in [3.8, 4) is 0 Å². The lowest BCUT2D eigenvalue weighted by Gasteiger charge is -2.34. The molecule has 1 heterocycles. The first kappa shape index (κ1) is 16.3. The molecule has 0 radical (unpaired) electrons. The fourth-order valence-electron chi connectivity index (χ4n) is 2.38. The Balaban J connectivity index is 2.34. The lowest BCUT2D eigenvalue weighted by Crippen LogP contribution is -2.44. The zero-order valence-corrected chi connectivity index (χ0v) is 12.8. The van der Waals surface area contributed by atoms with Gasteiger partial charge in [-0.1, -0.05) is 37.3 Å². The summed E-state index contributed by atoms with van der Waals surface area (Å²) in [7, 11) is 0. The molecule has 4 N–H and O–H groups in total. The van der Waals surface area contributed by atoms with E-state index in [9.17, 15) is 14.4 Å². The highest BCUT2D eigenvalue weighted by molar-refractivity contribution is 7.97. The molecule has 2 atom stereocenters. The molecule has 118 valence electrons. The maximum absolute atomic E-state index is 12.4. The zero-order valence-electron chi connectivity index (χ0n) is 12.0. The summed E-state index contributed by atoms with van der Waals surface area (Å²) in [6.07, 6.45) is 0.365. The van der Waals surface area contributed by atoms with Crippen LogP contribution in [0.5, 0.6) is 0 Å². The van der Waals surface area contributed by atoms with Crippen molar-refractivity contribution in [2.45, 2.75) is 24.9 Å². The second-order valence-corrected chi connectivity index (χ2v) is 5.83. The van der Waals surface area contributed by atoms with Crippen molar-refractivity contribution in [3.05, 3.63) is 35.9 Å². The molecule has 0 spiro atoms. The van der Waals surface area contributed by atoms with Crippen LogP contribution in [0.25, 0.3) is 0 Å². The maximum atomic E-state index is 12.4. The van der Waals surface area contributed by atoms with E-state index in [-0.39, 0.29) is 5.75 Å². The van der Waals surface area contributed by atoms with Gasteiger partial charge in [-0.05, 0) is 23.9 Å². The van der Waals surface area contributed by atoms with Crippen LogP contribution in [0.3, 0.4) is 0 Å². The number of hydrogen-bond donors (Lipinski definition) is 3. The molecule has 1 aromatic carbocycles. The highest BCUT2D eigenvalue weighted by Crippen LogP contribution is 2.40. The number of carbonyl (C=O) groups is 3. The number of urea groups is 1. The van der Waals surface area contributed by atoms with E-state index in [4.69, 9.17) is 10.8 Å². The second kappa shape index (κ2) is 6.37. The van der Waals surface area contributed by atoms with Crippen molar-refractivity contribution in [2.24, 2.45) is 5.73 Å². The molecule has 0 aliphatic carbocycles. The van der Waals surface area contributed by atoms with Crippen molar-refractivity contribution < 1.29 is 19.5 Å². The van der Waals surface area contributed by atoms with Crippen molar-refractivity contribution in [2.75, 3.05) is 5.75 Å². The van der Waals surface area contributed by atoms with E-state index in [0.29, 0.717) is 12.0 Å². The Labute approximate surface area is 132 Å². The Hall–Kier alpha value is -2.06. The van der Waals surface area contributed by atoms with E-state index in [1.807, 2.05) is 6.07 Å². The summed E-state index contributed by atoms with van der Waals surface area (Å²) >= 11 is 0.953. The number of nitrogens with two attached hydrogens (primary N) is 1. The average Bonchev–Trinajstić information content (AvgIpc) is 2.76. The van der Waals surface area contributed by atoms with Crippen LogP contribution in [0, 0.1) is 0 Å². The first-order valence-electron chi connectivity index (χ1n) is 6.76. The summed E-state index contributed by atoms with van der Waals surface area (Å²) in [6, 6.07) is 7.26. The summed E-state index contributed by atoms with van der Waals surface area (Å²) in [6.45, 7) is 1.80. The normalized spacial score (nSPS) is 22.5. The smallest absolute Gasteiger partial charge is 0.335 e. The Bertz CT molecular complexity index is 595. The van der Waals surface area contributed by atoms with E-state index < -0.39 is 29.5 Å². The third-order valence-electron chi connectivity index (χ3n) is 3.59. The van der Waals surface area contributed by atoms with E-state index in [2.05, 4.69) is 5.32 Å². The van der Waals surface area contributed by atoms with Gasteiger partial charge in [-0.2, -0.15) is 0 Å². The Kier molecular flexibility index (Phi) is 4.72. The molecule has 0 aromatic heterocycles. The number of imide groups is 1. The summed E-state index contributed by atoms with van der Waals surface area (Å²) in [5, 5.41) is 11.2. The maximum Gasteiger partial charge on any atom is 0.335 e. The van der Waals surface area contributed by atoms with Crippen LogP contribution in [-0.4, -0.2) is 39.1 Å². The first-order valence-corrected chi connectivity index (χ1v) is 7.70. The van der Waals surface area contributed by atoms with Gasteiger partial charge in [0, 0.05) is 5.75 Å². The lowest BCUT2D eigenvalue weighted by molar-refractivity contribution is -0.137. The van der Waals surface area contributed by atoms with Gasteiger partial charge in [-0.15, -0.1) is 0 Å². The molecule has 1 aliphatic rings. The quantitative estimate of drug-likeness (QED) is 0.530. The molecule has 2 rings (SSSR count). The minimum absolute atomic E-state index is 0.00931. The molecular formula is C14H17N3O4S. The average molecular weight is 323 g/mol. The molecule has 1 aliphatic heterocycles. The molecule has 1 aromatic rings. The van der Waals surface area contributed by atoms with Crippen LogP contribution in [0.15, 0.2) is 30.3 Å². The number of amides is 3. The molecule has 1 saturated heterocycles. The number of rotatable bonds is 6. The highest BCUT2D eigenvalue weighted by atomic mass is 32.2. The van der Waals surface area contributed by atoms with Crippen LogP contribution in [0.2, 0.25) is 0 Å². The van der Waals surface area contributed by atoms with Gasteiger partial charge in [0.1, 0.15) is 6.04 Å². The molecule has 3 amide bonds. The summed E-state index contributed by atoms with van der Waals surface area (Å²) < 4.78 is 1.30. The summed E-state index contributed by atoms with van der Waals surface area (Å²) in [5.41, 5.74) is 5.01. The predicted octanol–water partition coefficient (Wildman–Crippen LogP) is 0.904. The molecule has 8 heteroatoms. The van der Waals surface area contributed by atoms with E-state index >= 15 is 0 Å². The van der Waals surface area contributed by atoms with Crippen molar-refractivity contribution in [1.29, 1.82) is 0 Å². The molecule has 0 unspecified atom stereocenters. The number of nitrogens with one attached hydrogen (secondary N) is 1. The van der Waals surface area contributed by atoms with Gasteiger partial charge in [0.2, 0.25) is 0 Å². The Morgan fingerprint density at radius 1 is 1.41 bits per heavy atom. The van der Waals surface area contributed by atoms with Gasteiger partial charge >= 0.3 is 12.0 Å². The Morgan fingerprint density at radius 2 is 2.05 bits per heavy atom. The largest absolute Gasteiger partial charge is 0.480 e. The number of hydrogen-bond acceptors (Lipinski definition) is 5. The van der Waals surface area contributed by atoms with E-state index in [1.165, 1.54) is 4.31 Å². The molecule has 1 fully saturated rings. The van der Waals surface area contributed by atoms with Gasteiger partial charge in [-0.25, -0.2) is 9.10 Å². The van der Waals surface area contributed by atoms with Gasteiger partial charge in [0.25, 0.3) is 5.91 Å². The van der Waals surface area contributed by atoms with Crippen LogP contribution >= 0.6 is 11.9 Å². The minimum atomic E-state index is -1.15. The van der Waals surface area contributed by atoms with E-state index in [0.717, 1.165) is 11.9 Å². The van der Waals surface area contributed by atoms with Crippen LogP contribution < -0.4 is 11.1 Å². The van der Waals surface area contributed by atoms with Gasteiger partial charge in [0.15, 0.2) is 5.54 Å². The SMILES string of the molecule is CC[C@]1(c2ccccc2)C(=O)NC(=O)N1SC[C@H](N)C(=O)O. The van der Waals surface area contributed by atoms with Crippen LogP contribution in [0.1, 0.15) is 18.9 Å². The fraction of sp³-hybridized carbons (Fsp3) is 0.357. The zero-order chi connectivity index (χ0) is 16.3. The van der Waals surface area contributed by atoms with Crippen molar-refractivity contribution in [3.63, 3.8) is 0 Å². The van der Waals surface area contributed by atoms with Gasteiger partial charge in [0.05, 0.1) is 0 Å². The number of carbonyl (C=O) groups excluding carboxylic acids is 2. The topological polar surface area (TPSA) is 113 Å². The van der Waals surface area contributed by atoms with E-state index in [1.54, 1.807) is 31.2 Å². The standard InChI is InChI=1S/C14H17N3O4S/c1-2-14(9-6-4-3-5-7-9)12(20)16-13(21)17(14)22-8-10(15)11(18)19/h3-7,10H,2,8,15H2,1H3,(H,18,19)(H,16,20,21)/t10-,14-/m0/s1. The number of nitrogens with zero attached hydrogens (tertiary/aromatic N) is 1.